The molecule has 0 radical (unpaired) electrons. The van der Waals surface area contributed by atoms with E-state index < -0.39 is 0 Å². The van der Waals surface area contributed by atoms with E-state index in [9.17, 15) is 4.39 Å². The molecule has 2 aromatic heterocycles. The molecule has 0 N–H and O–H groups in total. The third-order valence-electron chi connectivity index (χ3n) is 7.28. The largest absolute Gasteiger partial charge is 0.487 e. The summed E-state index contributed by atoms with van der Waals surface area (Å²) in [7, 11) is 0. The van der Waals surface area contributed by atoms with Crippen LogP contribution < -0.4 is 4.74 Å². The van der Waals surface area contributed by atoms with Crippen LogP contribution in [-0.4, -0.2) is 9.97 Å². The molecule has 0 atom stereocenters. The number of oxazole rings is 1. The molecule has 6 rings (SSSR count). The SMILES string of the molecule is Cc1nc(-c2ccc(OCc3ccc4cc(F)ccc4n3)cc2C2(c3ccccc3)CCCC2)co1. The minimum absolute atomic E-state index is 0.103. The van der Waals surface area contributed by atoms with E-state index in [1.165, 1.54) is 36.1 Å². The van der Waals surface area contributed by atoms with Gasteiger partial charge in [0.15, 0.2) is 5.89 Å². The van der Waals surface area contributed by atoms with Crippen molar-refractivity contribution in [2.75, 3.05) is 0 Å². The highest BCUT2D eigenvalue weighted by Gasteiger charge is 2.39. The maximum Gasteiger partial charge on any atom is 0.191 e. The normalized spacial score (nSPS) is 14.8. The third kappa shape index (κ3) is 4.15. The first-order valence-electron chi connectivity index (χ1n) is 12.4. The Morgan fingerprint density at radius 3 is 2.53 bits per heavy atom. The number of hydrogen-bond acceptors (Lipinski definition) is 4. The molecular weight excluding hydrogens is 451 g/mol. The summed E-state index contributed by atoms with van der Waals surface area (Å²) in [6.07, 6.45) is 6.25. The highest BCUT2D eigenvalue weighted by atomic mass is 19.1. The van der Waals surface area contributed by atoms with Gasteiger partial charge in [-0.25, -0.2) is 14.4 Å². The van der Waals surface area contributed by atoms with Crippen LogP contribution in [0.3, 0.4) is 0 Å². The minimum Gasteiger partial charge on any atom is -0.487 e. The van der Waals surface area contributed by atoms with Crippen LogP contribution in [0.25, 0.3) is 22.2 Å². The van der Waals surface area contributed by atoms with Crippen LogP contribution in [0.5, 0.6) is 5.75 Å². The van der Waals surface area contributed by atoms with Crippen molar-refractivity contribution < 1.29 is 13.5 Å². The van der Waals surface area contributed by atoms with Gasteiger partial charge in [-0.1, -0.05) is 49.2 Å². The Labute approximate surface area is 209 Å². The van der Waals surface area contributed by atoms with E-state index in [0.29, 0.717) is 12.5 Å². The van der Waals surface area contributed by atoms with Crippen molar-refractivity contribution in [1.29, 1.82) is 0 Å². The van der Waals surface area contributed by atoms with Gasteiger partial charge in [0.05, 0.1) is 11.2 Å². The highest BCUT2D eigenvalue weighted by molar-refractivity contribution is 5.78. The Balaban J connectivity index is 1.38. The molecule has 1 saturated carbocycles. The second kappa shape index (κ2) is 9.23. The molecule has 1 fully saturated rings. The van der Waals surface area contributed by atoms with Gasteiger partial charge in [-0.05, 0) is 66.4 Å². The predicted molar refractivity (Wildman–Crippen MR) is 138 cm³/mol. The third-order valence-corrected chi connectivity index (χ3v) is 7.28. The molecule has 1 aliphatic rings. The van der Waals surface area contributed by atoms with E-state index in [4.69, 9.17) is 9.15 Å². The summed E-state index contributed by atoms with van der Waals surface area (Å²) in [5, 5.41) is 0.777. The maximum absolute atomic E-state index is 13.5. The number of halogens is 1. The standard InChI is InChI=1S/C31H27FN2O2/c1-21-33-30(20-35-21)27-13-12-26(36-19-25-11-9-22-17-24(32)10-14-29(22)34-25)18-28(27)31(15-5-6-16-31)23-7-3-2-4-8-23/h2-4,7-14,17-18,20H,5-6,15-16,19H2,1H3. The second-order valence-electron chi connectivity index (χ2n) is 9.54. The van der Waals surface area contributed by atoms with Gasteiger partial charge in [0, 0.05) is 23.3 Å². The van der Waals surface area contributed by atoms with E-state index in [2.05, 4.69) is 52.4 Å². The Kier molecular flexibility index (Phi) is 5.76. The topological polar surface area (TPSA) is 48.2 Å². The Hall–Kier alpha value is -3.99. The highest BCUT2D eigenvalue weighted by Crippen LogP contribution is 2.50. The van der Waals surface area contributed by atoms with Gasteiger partial charge in [-0.15, -0.1) is 0 Å². The zero-order valence-corrected chi connectivity index (χ0v) is 20.2. The van der Waals surface area contributed by atoms with Crippen LogP contribution in [0.15, 0.2) is 89.5 Å². The second-order valence-corrected chi connectivity index (χ2v) is 9.54. The Morgan fingerprint density at radius 1 is 0.917 bits per heavy atom. The molecule has 0 aliphatic heterocycles. The van der Waals surface area contributed by atoms with Gasteiger partial charge >= 0.3 is 0 Å². The van der Waals surface area contributed by atoms with Crippen LogP contribution in [0.2, 0.25) is 0 Å². The van der Waals surface area contributed by atoms with Gasteiger partial charge in [0.1, 0.15) is 30.1 Å². The molecule has 0 amide bonds. The molecule has 3 aromatic carbocycles. The van der Waals surface area contributed by atoms with Crippen LogP contribution in [-0.2, 0) is 12.0 Å². The zero-order valence-electron chi connectivity index (χ0n) is 20.2. The predicted octanol–water partition coefficient (Wildman–Crippen LogP) is 7.78. The van der Waals surface area contributed by atoms with Crippen LogP contribution in [0.1, 0.15) is 48.4 Å². The summed E-state index contributed by atoms with van der Waals surface area (Å²) in [5.41, 5.74) is 5.92. The van der Waals surface area contributed by atoms with Gasteiger partial charge in [-0.3, -0.25) is 0 Å². The number of hydrogen-bond donors (Lipinski definition) is 0. The fourth-order valence-electron chi connectivity index (χ4n) is 5.55. The van der Waals surface area contributed by atoms with Gasteiger partial charge in [-0.2, -0.15) is 0 Å². The molecule has 0 unspecified atom stereocenters. The summed E-state index contributed by atoms with van der Waals surface area (Å²) in [6.45, 7) is 2.20. The minimum atomic E-state index is -0.262. The quantitative estimate of drug-likeness (QED) is 0.250. The van der Waals surface area contributed by atoms with Crippen molar-refractivity contribution in [2.45, 2.75) is 44.6 Å². The van der Waals surface area contributed by atoms with Crippen LogP contribution >= 0.6 is 0 Å². The lowest BCUT2D eigenvalue weighted by molar-refractivity contribution is 0.301. The molecule has 2 heterocycles. The maximum atomic E-state index is 13.5. The molecule has 180 valence electrons. The van der Waals surface area contributed by atoms with E-state index in [1.807, 2.05) is 25.1 Å². The molecule has 5 aromatic rings. The van der Waals surface area contributed by atoms with Crippen molar-refractivity contribution in [3.05, 3.63) is 114 Å². The van der Waals surface area contributed by atoms with Gasteiger partial charge < -0.3 is 9.15 Å². The molecular formula is C31H27FN2O2. The first-order valence-corrected chi connectivity index (χ1v) is 12.4. The molecule has 0 saturated heterocycles. The van der Waals surface area contributed by atoms with Gasteiger partial charge in [0.25, 0.3) is 0 Å². The van der Waals surface area contributed by atoms with Crippen molar-refractivity contribution in [1.82, 2.24) is 9.97 Å². The monoisotopic (exact) mass is 478 g/mol. The van der Waals surface area contributed by atoms with E-state index >= 15 is 0 Å². The van der Waals surface area contributed by atoms with Crippen LogP contribution in [0, 0.1) is 12.7 Å². The van der Waals surface area contributed by atoms with Crippen molar-refractivity contribution in [3.8, 4) is 17.0 Å². The van der Waals surface area contributed by atoms with Crippen molar-refractivity contribution in [3.63, 3.8) is 0 Å². The summed E-state index contributed by atoms with van der Waals surface area (Å²) in [5.74, 6) is 1.18. The fraction of sp³-hybridized carbons (Fsp3) is 0.226. The van der Waals surface area contributed by atoms with Gasteiger partial charge in [0.2, 0.25) is 0 Å². The number of fused-ring (bicyclic) bond motifs is 1. The number of aryl methyl sites for hydroxylation is 1. The molecule has 4 nitrogen and oxygen atoms in total. The summed E-state index contributed by atoms with van der Waals surface area (Å²) in [4.78, 5) is 9.30. The number of aromatic nitrogens is 2. The van der Waals surface area contributed by atoms with E-state index in [1.54, 1.807) is 12.3 Å². The molecule has 36 heavy (non-hydrogen) atoms. The lowest BCUT2D eigenvalue weighted by Crippen LogP contribution is -2.24. The summed E-state index contributed by atoms with van der Waals surface area (Å²) >= 11 is 0. The molecule has 5 heteroatoms. The Bertz CT molecular complexity index is 1520. The van der Waals surface area contributed by atoms with Crippen LogP contribution in [0.4, 0.5) is 4.39 Å². The molecule has 0 bridgehead atoms. The number of pyridine rings is 1. The number of nitrogens with zero attached hydrogens (tertiary/aromatic N) is 2. The van der Waals surface area contributed by atoms with Crippen molar-refractivity contribution >= 4 is 10.9 Å². The smallest absolute Gasteiger partial charge is 0.191 e. The molecule has 1 aliphatic carbocycles. The van der Waals surface area contributed by atoms with E-state index in [-0.39, 0.29) is 11.2 Å². The lowest BCUT2D eigenvalue weighted by atomic mass is 9.71. The van der Waals surface area contributed by atoms with Crippen molar-refractivity contribution in [2.24, 2.45) is 0 Å². The number of benzene rings is 3. The molecule has 0 spiro atoms. The summed E-state index contributed by atoms with van der Waals surface area (Å²) in [6, 6.07) is 25.4. The number of rotatable bonds is 6. The average molecular weight is 479 g/mol. The fourth-order valence-corrected chi connectivity index (χ4v) is 5.55. The Morgan fingerprint density at radius 2 is 1.75 bits per heavy atom. The number of ether oxygens (including phenoxy) is 1. The van der Waals surface area contributed by atoms with E-state index in [0.717, 1.165) is 46.4 Å². The first-order chi connectivity index (χ1) is 17.6. The first kappa shape index (κ1) is 22.5. The average Bonchev–Trinajstić information content (AvgIpc) is 3.58. The zero-order chi connectivity index (χ0) is 24.5. The summed E-state index contributed by atoms with van der Waals surface area (Å²) < 4.78 is 25.4. The lowest BCUT2D eigenvalue weighted by Gasteiger charge is -2.32.